The molecule has 0 bridgehead atoms. The molecule has 0 saturated carbocycles. The highest BCUT2D eigenvalue weighted by molar-refractivity contribution is 8.78. The summed E-state index contributed by atoms with van der Waals surface area (Å²) in [5.41, 5.74) is 8.16. The van der Waals surface area contributed by atoms with Gasteiger partial charge in [-0.05, 0) is 19.9 Å². The number of nitrogens with zero attached hydrogens (tertiary/aromatic N) is 2. The molecule has 0 unspecified atom stereocenters. The molecule has 9 heteroatoms. The predicted octanol–water partition coefficient (Wildman–Crippen LogP) is 2.40. The van der Waals surface area contributed by atoms with Crippen molar-refractivity contribution >= 4 is 39.8 Å². The molecule has 0 atom stereocenters. The number of nitrogen functional groups attached to an aromatic ring is 1. The molecule has 25 heavy (non-hydrogen) atoms. The number of hydrogen-bond acceptors (Lipinski definition) is 7. The maximum Gasteiger partial charge on any atom is 0.304 e. The highest BCUT2D eigenvalue weighted by Gasteiger charge is 2.14. The van der Waals surface area contributed by atoms with Gasteiger partial charge in [0.15, 0.2) is 0 Å². The van der Waals surface area contributed by atoms with Gasteiger partial charge >= 0.3 is 5.97 Å². The molecule has 0 aliphatic carbocycles. The lowest BCUT2D eigenvalue weighted by atomic mass is 10.2. The fourth-order valence-corrected chi connectivity index (χ4v) is 4.38. The Morgan fingerprint density at radius 2 is 2.12 bits per heavy atom. The first-order valence-electron chi connectivity index (χ1n) is 7.64. The van der Waals surface area contributed by atoms with E-state index >= 15 is 0 Å². The van der Waals surface area contributed by atoms with Gasteiger partial charge in [0, 0.05) is 40.6 Å². The number of pyridine rings is 1. The third-order valence-corrected chi connectivity index (χ3v) is 6.00. The Labute approximate surface area is 155 Å². The number of amides is 1. The van der Waals surface area contributed by atoms with Gasteiger partial charge in [-0.2, -0.15) is 0 Å². The summed E-state index contributed by atoms with van der Waals surface area (Å²) >= 11 is 0. The van der Waals surface area contributed by atoms with E-state index < -0.39 is 5.97 Å². The first-order chi connectivity index (χ1) is 11.9. The van der Waals surface area contributed by atoms with Crippen molar-refractivity contribution in [2.75, 3.05) is 18.1 Å². The number of carbonyl (C=O) groups excluding carboxylic acids is 1. The second-order valence-electron chi connectivity index (χ2n) is 5.26. The second kappa shape index (κ2) is 11.0. The highest BCUT2D eigenvalue weighted by atomic mass is 33.1. The maximum absolute atomic E-state index is 11.5. The predicted molar refractivity (Wildman–Crippen MR) is 102 cm³/mol. The van der Waals surface area contributed by atoms with Crippen molar-refractivity contribution in [3.63, 3.8) is 0 Å². The van der Waals surface area contributed by atoms with Crippen LogP contribution in [0.2, 0.25) is 0 Å². The number of aryl methyl sites for hydroxylation is 1. The Hall–Kier alpha value is -1.71. The molecular weight excluding hydrogens is 362 g/mol. The van der Waals surface area contributed by atoms with E-state index in [1.54, 1.807) is 6.92 Å². The van der Waals surface area contributed by atoms with Gasteiger partial charge in [0.05, 0.1) is 13.0 Å². The van der Waals surface area contributed by atoms with Crippen LogP contribution in [-0.2, 0) is 16.1 Å². The Morgan fingerprint density at radius 3 is 2.68 bits per heavy atom. The number of nitrogens with two attached hydrogens (primary N) is 1. The zero-order chi connectivity index (χ0) is 18.8. The van der Waals surface area contributed by atoms with Crippen molar-refractivity contribution in [3.8, 4) is 0 Å². The van der Waals surface area contributed by atoms with Gasteiger partial charge in [0.25, 0.3) is 0 Å². The Kier molecular flexibility index (Phi) is 9.40. The second-order valence-corrected chi connectivity index (χ2v) is 7.77. The first-order valence-corrected chi connectivity index (χ1v) is 9.96. The molecule has 1 heterocycles. The summed E-state index contributed by atoms with van der Waals surface area (Å²) in [6.07, 6.45) is 1.17. The van der Waals surface area contributed by atoms with Crippen molar-refractivity contribution in [1.29, 1.82) is 0 Å². The number of carbonyl (C=O) groups is 2. The van der Waals surface area contributed by atoms with E-state index in [-0.39, 0.29) is 19.6 Å². The van der Waals surface area contributed by atoms with E-state index in [9.17, 15) is 14.7 Å². The lowest BCUT2D eigenvalue weighted by molar-refractivity contribution is -0.136. The van der Waals surface area contributed by atoms with Crippen LogP contribution in [0.25, 0.3) is 0 Å². The highest BCUT2D eigenvalue weighted by Crippen LogP contribution is 2.35. The van der Waals surface area contributed by atoms with Crippen LogP contribution in [0, 0.1) is 6.92 Å². The number of rotatable bonds is 11. The molecule has 138 valence electrons. The molecule has 0 fully saturated rings. The number of anilines is 1. The van der Waals surface area contributed by atoms with Crippen molar-refractivity contribution in [1.82, 2.24) is 9.88 Å². The molecule has 1 aromatic rings. The lowest BCUT2D eigenvalue weighted by Crippen LogP contribution is -2.21. The monoisotopic (exact) mass is 385 g/mol. The van der Waals surface area contributed by atoms with Crippen molar-refractivity contribution in [2.45, 2.75) is 33.2 Å². The Morgan fingerprint density at radius 1 is 1.40 bits per heavy atom. The third kappa shape index (κ3) is 7.37. The van der Waals surface area contributed by atoms with Gasteiger partial charge in [0.2, 0.25) is 6.41 Å². The molecule has 4 N–H and O–H groups in total. The van der Waals surface area contributed by atoms with Gasteiger partial charge in [-0.3, -0.25) is 9.59 Å². The summed E-state index contributed by atoms with van der Waals surface area (Å²) in [5.74, 6) is -0.0285. The van der Waals surface area contributed by atoms with Crippen LogP contribution < -0.4 is 5.73 Å². The van der Waals surface area contributed by atoms with Crippen LogP contribution in [-0.4, -0.2) is 44.8 Å². The lowest BCUT2D eigenvalue weighted by Gasteiger charge is -2.22. The van der Waals surface area contributed by atoms with Gasteiger partial charge < -0.3 is 20.8 Å². The Bertz CT molecular complexity index is 638. The van der Waals surface area contributed by atoms with E-state index in [1.165, 1.54) is 26.5 Å². The van der Waals surface area contributed by atoms with Crippen LogP contribution in [0.1, 0.15) is 31.0 Å². The number of allylic oxidation sites excluding steroid dienone is 1. The van der Waals surface area contributed by atoms with E-state index in [0.717, 1.165) is 16.2 Å². The zero-order valence-corrected chi connectivity index (χ0v) is 15.9. The van der Waals surface area contributed by atoms with Crippen LogP contribution in [0.15, 0.2) is 22.7 Å². The minimum atomic E-state index is -0.852. The Balaban J connectivity index is 2.87. The van der Waals surface area contributed by atoms with Gasteiger partial charge in [0.1, 0.15) is 5.82 Å². The summed E-state index contributed by atoms with van der Waals surface area (Å²) in [4.78, 5) is 28.6. The molecule has 1 rings (SSSR count). The normalized spacial score (nSPS) is 11.8. The molecular formula is C16H23N3O4S2. The molecule has 0 saturated heterocycles. The molecule has 1 amide bonds. The largest absolute Gasteiger partial charge is 0.481 e. The molecule has 0 aromatic carbocycles. The van der Waals surface area contributed by atoms with Gasteiger partial charge in [-0.1, -0.05) is 27.7 Å². The van der Waals surface area contributed by atoms with Crippen molar-refractivity contribution < 1.29 is 19.8 Å². The molecule has 0 aliphatic rings. The average molecular weight is 386 g/mol. The fraction of sp³-hybridized carbons (Fsp3) is 0.438. The van der Waals surface area contributed by atoms with Crippen molar-refractivity contribution in [2.24, 2.45) is 0 Å². The number of aliphatic hydroxyl groups is 1. The number of carboxylic acid groups (broad SMARTS) is 1. The van der Waals surface area contributed by atoms with Crippen LogP contribution in [0.3, 0.4) is 0 Å². The number of aliphatic hydroxyl groups excluding tert-OH is 1. The zero-order valence-electron chi connectivity index (χ0n) is 14.3. The topological polar surface area (TPSA) is 117 Å². The maximum atomic E-state index is 11.5. The molecule has 1 aromatic heterocycles. The standard InChI is InChI=1S/C16H23N3O4S2/c1-11-3-4-13(16(17)18-11)9-19(10-21)12(2)14(5-7-20)25-24-8-6-15(22)23/h3-4,10,20H,5-9H2,1-2H3,(H2,17,18)(H,22,23)/b14-12-. The average Bonchev–Trinajstić information content (AvgIpc) is 2.56. The van der Waals surface area contributed by atoms with E-state index in [0.29, 0.717) is 30.1 Å². The van der Waals surface area contributed by atoms with Crippen LogP contribution in [0.5, 0.6) is 0 Å². The minimum absolute atomic E-state index is 0.0555. The number of aliphatic carboxylic acids is 1. The van der Waals surface area contributed by atoms with Crippen LogP contribution >= 0.6 is 21.6 Å². The third-order valence-electron chi connectivity index (χ3n) is 3.35. The molecule has 0 aliphatic heterocycles. The first kappa shape index (κ1) is 21.3. The van der Waals surface area contributed by atoms with E-state index in [4.69, 9.17) is 10.8 Å². The smallest absolute Gasteiger partial charge is 0.304 e. The quantitative estimate of drug-likeness (QED) is 0.302. The van der Waals surface area contributed by atoms with E-state index in [2.05, 4.69) is 4.98 Å². The molecule has 0 radical (unpaired) electrons. The summed E-state index contributed by atoms with van der Waals surface area (Å²) in [5, 5.41) is 17.9. The summed E-state index contributed by atoms with van der Waals surface area (Å²) in [6.45, 7) is 3.86. The number of hydrogen-bond donors (Lipinski definition) is 3. The number of aromatic nitrogens is 1. The molecule has 0 spiro atoms. The fourth-order valence-electron chi connectivity index (χ4n) is 1.94. The summed E-state index contributed by atoms with van der Waals surface area (Å²) in [6, 6.07) is 3.67. The van der Waals surface area contributed by atoms with Gasteiger partial charge in [-0.25, -0.2) is 4.98 Å². The summed E-state index contributed by atoms with van der Waals surface area (Å²) < 4.78 is 0. The van der Waals surface area contributed by atoms with Crippen molar-refractivity contribution in [3.05, 3.63) is 34.0 Å². The minimum Gasteiger partial charge on any atom is -0.481 e. The molecule has 7 nitrogen and oxygen atoms in total. The summed E-state index contributed by atoms with van der Waals surface area (Å²) in [7, 11) is 2.77. The van der Waals surface area contributed by atoms with Crippen LogP contribution in [0.4, 0.5) is 5.82 Å². The van der Waals surface area contributed by atoms with E-state index in [1.807, 2.05) is 19.1 Å². The SMILES string of the molecule is C/C(=C(\CCO)SSCCC(=O)O)N(C=O)Cc1ccc(C)nc1N. The van der Waals surface area contributed by atoms with Gasteiger partial charge in [-0.15, -0.1) is 0 Å². The number of carboxylic acids is 1.